The van der Waals surface area contributed by atoms with Crippen LogP contribution in [0.25, 0.3) is 0 Å². The van der Waals surface area contributed by atoms with E-state index in [1.165, 1.54) is 0 Å². The van der Waals surface area contributed by atoms with E-state index in [0.717, 1.165) is 32.2 Å². The van der Waals surface area contributed by atoms with Crippen molar-refractivity contribution in [1.82, 2.24) is 15.5 Å². The third kappa shape index (κ3) is 4.17. The number of nitrogens with zero attached hydrogens (tertiary/aromatic N) is 1. The molecule has 21 heavy (non-hydrogen) atoms. The lowest BCUT2D eigenvalue weighted by Crippen LogP contribution is -2.48. The number of morpholine rings is 1. The van der Waals surface area contributed by atoms with Crippen molar-refractivity contribution in [3.8, 4) is 0 Å². The quantitative estimate of drug-likeness (QED) is 0.757. The van der Waals surface area contributed by atoms with Gasteiger partial charge in [-0.05, 0) is 12.8 Å². The van der Waals surface area contributed by atoms with Crippen LogP contribution < -0.4 is 10.6 Å². The summed E-state index contributed by atoms with van der Waals surface area (Å²) in [4.78, 5) is 26.1. The maximum Gasteiger partial charge on any atom is 0.230 e. The Morgan fingerprint density at radius 2 is 2.05 bits per heavy atom. The van der Waals surface area contributed by atoms with Crippen LogP contribution in [0.5, 0.6) is 0 Å². The molecule has 2 fully saturated rings. The summed E-state index contributed by atoms with van der Waals surface area (Å²) < 4.78 is 5.35. The Morgan fingerprint density at radius 1 is 1.33 bits per heavy atom. The smallest absolute Gasteiger partial charge is 0.230 e. The molecule has 2 aliphatic rings. The predicted octanol–water partition coefficient (Wildman–Crippen LogP) is 0.130. The van der Waals surface area contributed by atoms with Gasteiger partial charge in [0.15, 0.2) is 0 Å². The van der Waals surface area contributed by atoms with Crippen LogP contribution in [0.4, 0.5) is 0 Å². The standard InChI is InChI=1S/C15H27N3O3/c1-18(2)14(20)15(5-3-4-6-15)11-17-13(19)9-12-10-21-8-7-16-12/h12,16H,3-11H2,1-2H3,(H,17,19). The minimum atomic E-state index is -0.393. The maximum atomic E-state index is 12.4. The first-order valence-corrected chi connectivity index (χ1v) is 7.83. The van der Waals surface area contributed by atoms with Crippen molar-refractivity contribution in [1.29, 1.82) is 0 Å². The summed E-state index contributed by atoms with van der Waals surface area (Å²) in [6.45, 7) is 2.53. The molecule has 0 aromatic heterocycles. The van der Waals surface area contributed by atoms with Gasteiger partial charge in [-0.3, -0.25) is 9.59 Å². The molecule has 1 aliphatic heterocycles. The van der Waals surface area contributed by atoms with Crippen LogP contribution in [0.3, 0.4) is 0 Å². The van der Waals surface area contributed by atoms with Crippen LogP contribution in [0.1, 0.15) is 32.1 Å². The topological polar surface area (TPSA) is 70.7 Å². The van der Waals surface area contributed by atoms with Gasteiger partial charge in [0.2, 0.25) is 11.8 Å². The molecule has 120 valence electrons. The van der Waals surface area contributed by atoms with Gasteiger partial charge in [0.05, 0.1) is 18.6 Å². The lowest BCUT2D eigenvalue weighted by atomic mass is 9.84. The summed E-state index contributed by atoms with van der Waals surface area (Å²) in [6, 6.07) is 0.0860. The molecule has 6 nitrogen and oxygen atoms in total. The summed E-state index contributed by atoms with van der Waals surface area (Å²) in [7, 11) is 3.57. The molecule has 1 unspecified atom stereocenters. The van der Waals surface area contributed by atoms with Gasteiger partial charge in [-0.2, -0.15) is 0 Å². The molecular weight excluding hydrogens is 270 g/mol. The predicted molar refractivity (Wildman–Crippen MR) is 79.8 cm³/mol. The van der Waals surface area contributed by atoms with Gasteiger partial charge in [-0.1, -0.05) is 12.8 Å². The van der Waals surface area contributed by atoms with Crippen molar-refractivity contribution in [3.63, 3.8) is 0 Å². The molecule has 0 aromatic rings. The minimum absolute atomic E-state index is 0.00386. The molecule has 1 atom stereocenters. The van der Waals surface area contributed by atoms with Gasteiger partial charge in [0.25, 0.3) is 0 Å². The number of hydrogen-bond acceptors (Lipinski definition) is 4. The monoisotopic (exact) mass is 297 g/mol. The number of carbonyl (C=O) groups is 2. The fourth-order valence-electron chi connectivity index (χ4n) is 3.31. The van der Waals surface area contributed by atoms with Crippen LogP contribution in [-0.2, 0) is 14.3 Å². The van der Waals surface area contributed by atoms with E-state index in [4.69, 9.17) is 4.74 Å². The van der Waals surface area contributed by atoms with E-state index in [9.17, 15) is 9.59 Å². The van der Waals surface area contributed by atoms with Crippen molar-refractivity contribution in [2.24, 2.45) is 5.41 Å². The average molecular weight is 297 g/mol. The third-order valence-corrected chi connectivity index (χ3v) is 4.47. The zero-order chi connectivity index (χ0) is 15.3. The lowest BCUT2D eigenvalue weighted by molar-refractivity contribution is -0.139. The normalized spacial score (nSPS) is 24.6. The molecule has 0 bridgehead atoms. The number of nitrogens with one attached hydrogen (secondary N) is 2. The van der Waals surface area contributed by atoms with Gasteiger partial charge in [0, 0.05) is 39.6 Å². The molecule has 1 saturated carbocycles. The van der Waals surface area contributed by atoms with Crippen LogP contribution in [0, 0.1) is 5.41 Å². The number of rotatable bonds is 5. The lowest BCUT2D eigenvalue weighted by Gasteiger charge is -2.31. The number of hydrogen-bond donors (Lipinski definition) is 2. The Balaban J connectivity index is 1.84. The van der Waals surface area contributed by atoms with Gasteiger partial charge in [-0.15, -0.1) is 0 Å². The molecule has 0 spiro atoms. The first-order valence-electron chi connectivity index (χ1n) is 7.83. The maximum absolute atomic E-state index is 12.4. The van der Waals surface area contributed by atoms with E-state index in [1.807, 2.05) is 0 Å². The molecule has 2 N–H and O–H groups in total. The third-order valence-electron chi connectivity index (χ3n) is 4.47. The van der Waals surface area contributed by atoms with Crippen LogP contribution >= 0.6 is 0 Å². The van der Waals surface area contributed by atoms with Gasteiger partial charge in [0.1, 0.15) is 0 Å². The first kappa shape index (κ1) is 16.2. The molecule has 0 radical (unpaired) electrons. The Kier molecular flexibility index (Phi) is 5.58. The van der Waals surface area contributed by atoms with Gasteiger partial charge in [-0.25, -0.2) is 0 Å². The Morgan fingerprint density at radius 3 is 2.62 bits per heavy atom. The molecule has 2 rings (SSSR count). The first-order chi connectivity index (χ1) is 10.0. The van der Waals surface area contributed by atoms with E-state index in [0.29, 0.717) is 26.2 Å². The Labute approximate surface area is 126 Å². The van der Waals surface area contributed by atoms with Gasteiger partial charge < -0.3 is 20.3 Å². The van der Waals surface area contributed by atoms with Crippen molar-refractivity contribution in [2.45, 2.75) is 38.1 Å². The molecular formula is C15H27N3O3. The molecule has 1 saturated heterocycles. The second-order valence-corrected chi connectivity index (χ2v) is 6.39. The minimum Gasteiger partial charge on any atom is -0.378 e. The number of amides is 2. The van der Waals surface area contributed by atoms with Gasteiger partial charge >= 0.3 is 0 Å². The highest BCUT2D eigenvalue weighted by atomic mass is 16.5. The summed E-state index contributed by atoms with van der Waals surface area (Å²) in [5, 5.41) is 6.23. The summed E-state index contributed by atoms with van der Waals surface area (Å²) >= 11 is 0. The molecule has 1 heterocycles. The van der Waals surface area contributed by atoms with E-state index in [2.05, 4.69) is 10.6 Å². The van der Waals surface area contributed by atoms with E-state index in [1.54, 1.807) is 19.0 Å². The van der Waals surface area contributed by atoms with E-state index < -0.39 is 5.41 Å². The SMILES string of the molecule is CN(C)C(=O)C1(CNC(=O)CC2COCCN2)CCCC1. The Hall–Kier alpha value is -1.14. The molecule has 6 heteroatoms. The second kappa shape index (κ2) is 7.22. The van der Waals surface area contributed by atoms with Crippen molar-refractivity contribution < 1.29 is 14.3 Å². The largest absolute Gasteiger partial charge is 0.378 e. The summed E-state index contributed by atoms with van der Waals surface area (Å²) in [6.07, 6.45) is 4.28. The second-order valence-electron chi connectivity index (χ2n) is 6.39. The highest BCUT2D eigenvalue weighted by molar-refractivity contribution is 5.84. The summed E-state index contributed by atoms with van der Waals surface area (Å²) in [5.74, 6) is 0.134. The average Bonchev–Trinajstić information content (AvgIpc) is 2.95. The fourth-order valence-corrected chi connectivity index (χ4v) is 3.31. The zero-order valence-corrected chi connectivity index (χ0v) is 13.1. The van der Waals surface area contributed by atoms with Crippen molar-refractivity contribution in [2.75, 3.05) is 40.4 Å². The number of ether oxygens (including phenoxy) is 1. The van der Waals surface area contributed by atoms with Crippen LogP contribution in [-0.4, -0.2) is 63.2 Å². The zero-order valence-electron chi connectivity index (χ0n) is 13.1. The Bertz CT molecular complexity index is 372. The fraction of sp³-hybridized carbons (Fsp3) is 0.867. The highest BCUT2D eigenvalue weighted by Gasteiger charge is 2.42. The van der Waals surface area contributed by atoms with E-state index in [-0.39, 0.29) is 17.9 Å². The molecule has 2 amide bonds. The van der Waals surface area contributed by atoms with E-state index >= 15 is 0 Å². The van der Waals surface area contributed by atoms with Crippen molar-refractivity contribution >= 4 is 11.8 Å². The van der Waals surface area contributed by atoms with Crippen LogP contribution in [0.2, 0.25) is 0 Å². The molecule has 0 aromatic carbocycles. The summed E-state index contributed by atoms with van der Waals surface area (Å²) in [5.41, 5.74) is -0.393. The number of carbonyl (C=O) groups excluding carboxylic acids is 2. The molecule has 1 aliphatic carbocycles. The van der Waals surface area contributed by atoms with Crippen molar-refractivity contribution in [3.05, 3.63) is 0 Å². The van der Waals surface area contributed by atoms with Crippen LogP contribution in [0.15, 0.2) is 0 Å². The highest BCUT2D eigenvalue weighted by Crippen LogP contribution is 2.38.